The van der Waals surface area contributed by atoms with Crippen molar-refractivity contribution in [3.63, 3.8) is 0 Å². The SMILES string of the molecule is CCC[C@@H]1C=CCN1C(=O)c1nn2cc(C)cnc2c1Cl. The normalized spacial score (nSPS) is 17.9. The number of fused-ring (bicyclic) bond motifs is 1. The van der Waals surface area contributed by atoms with Crippen LogP contribution in [-0.2, 0) is 0 Å². The fourth-order valence-corrected chi connectivity index (χ4v) is 2.88. The highest BCUT2D eigenvalue weighted by molar-refractivity contribution is 6.36. The summed E-state index contributed by atoms with van der Waals surface area (Å²) in [6, 6.07) is 0.137. The second kappa shape index (κ2) is 5.48. The third-order valence-corrected chi connectivity index (χ3v) is 4.00. The van der Waals surface area contributed by atoms with Crippen molar-refractivity contribution in [2.24, 2.45) is 0 Å². The first-order valence-corrected chi connectivity index (χ1v) is 7.47. The molecule has 3 heterocycles. The molecular formula is C15H17ClN4O. The van der Waals surface area contributed by atoms with Gasteiger partial charge in [-0.25, -0.2) is 9.50 Å². The van der Waals surface area contributed by atoms with E-state index in [0.717, 1.165) is 18.4 Å². The fourth-order valence-electron chi connectivity index (χ4n) is 2.63. The number of aryl methyl sites for hydroxylation is 1. The van der Waals surface area contributed by atoms with Crippen LogP contribution in [-0.4, -0.2) is 38.0 Å². The van der Waals surface area contributed by atoms with E-state index in [2.05, 4.69) is 23.1 Å². The quantitative estimate of drug-likeness (QED) is 0.819. The number of halogens is 1. The highest BCUT2D eigenvalue weighted by Gasteiger charge is 2.29. The van der Waals surface area contributed by atoms with Crippen LogP contribution < -0.4 is 0 Å². The van der Waals surface area contributed by atoms with Gasteiger partial charge in [0.25, 0.3) is 5.91 Å². The molecule has 0 aliphatic carbocycles. The predicted molar refractivity (Wildman–Crippen MR) is 81.6 cm³/mol. The smallest absolute Gasteiger partial charge is 0.276 e. The van der Waals surface area contributed by atoms with Gasteiger partial charge in [0.2, 0.25) is 0 Å². The number of carbonyl (C=O) groups is 1. The molecule has 2 aromatic rings. The molecule has 0 spiro atoms. The molecule has 21 heavy (non-hydrogen) atoms. The minimum Gasteiger partial charge on any atom is -0.327 e. The molecule has 0 fully saturated rings. The maximum atomic E-state index is 12.7. The highest BCUT2D eigenvalue weighted by atomic mass is 35.5. The molecule has 0 N–H and O–H groups in total. The predicted octanol–water partition coefficient (Wildman–Crippen LogP) is 2.87. The molecular weight excluding hydrogens is 288 g/mol. The van der Waals surface area contributed by atoms with Crippen LogP contribution in [0.15, 0.2) is 24.5 Å². The molecule has 0 unspecified atom stereocenters. The van der Waals surface area contributed by atoms with E-state index in [1.165, 1.54) is 0 Å². The number of nitrogens with zero attached hydrogens (tertiary/aromatic N) is 4. The maximum absolute atomic E-state index is 12.7. The zero-order valence-electron chi connectivity index (χ0n) is 12.1. The lowest BCUT2D eigenvalue weighted by Crippen LogP contribution is -2.36. The van der Waals surface area contributed by atoms with E-state index >= 15 is 0 Å². The van der Waals surface area contributed by atoms with Gasteiger partial charge < -0.3 is 4.90 Å². The topological polar surface area (TPSA) is 50.5 Å². The summed E-state index contributed by atoms with van der Waals surface area (Å²) in [4.78, 5) is 18.8. The summed E-state index contributed by atoms with van der Waals surface area (Å²) >= 11 is 6.29. The Morgan fingerprint density at radius 2 is 2.33 bits per heavy atom. The maximum Gasteiger partial charge on any atom is 0.276 e. The van der Waals surface area contributed by atoms with Gasteiger partial charge in [-0.1, -0.05) is 37.1 Å². The Bertz CT molecular complexity index is 722. The summed E-state index contributed by atoms with van der Waals surface area (Å²) in [7, 11) is 0. The van der Waals surface area contributed by atoms with Gasteiger partial charge >= 0.3 is 0 Å². The van der Waals surface area contributed by atoms with Crippen LogP contribution >= 0.6 is 11.6 Å². The number of amides is 1. The summed E-state index contributed by atoms with van der Waals surface area (Å²) in [5.74, 6) is -0.133. The van der Waals surface area contributed by atoms with E-state index in [4.69, 9.17) is 11.6 Å². The number of aromatic nitrogens is 3. The number of carbonyl (C=O) groups excluding carboxylic acids is 1. The minimum atomic E-state index is -0.133. The standard InChI is InChI=1S/C15H17ClN4O/c1-3-5-11-6-4-7-19(11)15(21)13-12(16)14-17-8-10(2)9-20(14)18-13/h4,6,8-9,11H,3,5,7H2,1-2H3/t11-/m1/s1. The van der Waals surface area contributed by atoms with Crippen LogP contribution in [0.2, 0.25) is 5.02 Å². The van der Waals surface area contributed by atoms with Crippen LogP contribution in [0.25, 0.3) is 5.65 Å². The van der Waals surface area contributed by atoms with Crippen molar-refractivity contribution in [1.29, 1.82) is 0 Å². The summed E-state index contributed by atoms with van der Waals surface area (Å²) in [6.07, 6.45) is 9.60. The fraction of sp³-hybridized carbons (Fsp3) is 0.400. The summed E-state index contributed by atoms with van der Waals surface area (Å²) in [5, 5.41) is 4.64. The molecule has 1 aliphatic heterocycles. The molecule has 5 nitrogen and oxygen atoms in total. The molecule has 0 saturated carbocycles. The largest absolute Gasteiger partial charge is 0.327 e. The van der Waals surface area contributed by atoms with E-state index in [9.17, 15) is 4.79 Å². The van der Waals surface area contributed by atoms with Crippen LogP contribution in [0.5, 0.6) is 0 Å². The second-order valence-corrected chi connectivity index (χ2v) is 5.68. The minimum absolute atomic E-state index is 0.133. The van der Waals surface area contributed by atoms with Crippen LogP contribution in [0, 0.1) is 6.92 Å². The van der Waals surface area contributed by atoms with Crippen molar-refractivity contribution in [3.05, 3.63) is 40.8 Å². The molecule has 1 amide bonds. The lowest BCUT2D eigenvalue weighted by molar-refractivity contribution is 0.0738. The molecule has 1 aliphatic rings. The van der Waals surface area contributed by atoms with Crippen LogP contribution in [0.3, 0.4) is 0 Å². The van der Waals surface area contributed by atoms with Gasteiger partial charge in [0.05, 0.1) is 6.04 Å². The lowest BCUT2D eigenvalue weighted by Gasteiger charge is -2.23. The monoisotopic (exact) mass is 304 g/mol. The third kappa shape index (κ3) is 2.42. The van der Waals surface area contributed by atoms with Gasteiger partial charge in [-0.2, -0.15) is 5.10 Å². The van der Waals surface area contributed by atoms with Gasteiger partial charge in [0, 0.05) is 18.9 Å². The van der Waals surface area contributed by atoms with Gasteiger partial charge in [-0.05, 0) is 18.9 Å². The Kier molecular flexibility index (Phi) is 3.68. The van der Waals surface area contributed by atoms with Crippen molar-refractivity contribution in [1.82, 2.24) is 19.5 Å². The van der Waals surface area contributed by atoms with E-state index < -0.39 is 0 Å². The van der Waals surface area contributed by atoms with Gasteiger partial charge in [-0.15, -0.1) is 0 Å². The molecule has 110 valence electrons. The first kappa shape index (κ1) is 14.1. The molecule has 6 heteroatoms. The second-order valence-electron chi connectivity index (χ2n) is 5.30. The molecule has 0 saturated heterocycles. The van der Waals surface area contributed by atoms with Crippen molar-refractivity contribution >= 4 is 23.2 Å². The van der Waals surface area contributed by atoms with E-state index in [0.29, 0.717) is 17.2 Å². The average molecular weight is 305 g/mol. The molecule has 3 rings (SSSR count). The number of rotatable bonds is 3. The third-order valence-electron chi connectivity index (χ3n) is 3.65. The van der Waals surface area contributed by atoms with Crippen molar-refractivity contribution < 1.29 is 4.79 Å². The first-order valence-electron chi connectivity index (χ1n) is 7.10. The average Bonchev–Trinajstić information content (AvgIpc) is 3.04. The van der Waals surface area contributed by atoms with E-state index in [-0.39, 0.29) is 17.6 Å². The van der Waals surface area contributed by atoms with Crippen molar-refractivity contribution in [3.8, 4) is 0 Å². The van der Waals surface area contributed by atoms with Gasteiger partial charge in [0.1, 0.15) is 5.02 Å². The molecule has 0 bridgehead atoms. The number of hydrogen-bond acceptors (Lipinski definition) is 3. The van der Waals surface area contributed by atoms with Gasteiger partial charge in [0.15, 0.2) is 11.3 Å². The van der Waals surface area contributed by atoms with E-state index in [1.54, 1.807) is 10.7 Å². The van der Waals surface area contributed by atoms with E-state index in [1.807, 2.05) is 24.1 Å². The first-order chi connectivity index (χ1) is 10.1. The summed E-state index contributed by atoms with van der Waals surface area (Å²) in [5.41, 5.74) is 1.76. The van der Waals surface area contributed by atoms with Crippen molar-refractivity contribution in [2.45, 2.75) is 32.7 Å². The Balaban J connectivity index is 1.96. The van der Waals surface area contributed by atoms with Crippen LogP contribution in [0.1, 0.15) is 35.8 Å². The highest BCUT2D eigenvalue weighted by Crippen LogP contribution is 2.25. The molecule has 0 radical (unpaired) electrons. The Hall–Kier alpha value is -1.88. The zero-order chi connectivity index (χ0) is 15.0. The Labute approximate surface area is 128 Å². The Morgan fingerprint density at radius 1 is 1.52 bits per heavy atom. The number of hydrogen-bond donors (Lipinski definition) is 0. The van der Waals surface area contributed by atoms with Gasteiger partial charge in [-0.3, -0.25) is 4.79 Å². The summed E-state index contributed by atoms with van der Waals surface area (Å²) < 4.78 is 1.57. The lowest BCUT2D eigenvalue weighted by atomic mass is 10.1. The van der Waals surface area contributed by atoms with Crippen LogP contribution in [0.4, 0.5) is 0 Å². The molecule has 1 atom stereocenters. The zero-order valence-corrected chi connectivity index (χ0v) is 12.8. The molecule has 2 aromatic heterocycles. The molecule has 0 aromatic carbocycles. The van der Waals surface area contributed by atoms with Crippen molar-refractivity contribution in [2.75, 3.05) is 6.54 Å². The Morgan fingerprint density at radius 3 is 3.10 bits per heavy atom. The summed E-state index contributed by atoms with van der Waals surface area (Å²) in [6.45, 7) is 4.64.